The summed E-state index contributed by atoms with van der Waals surface area (Å²) in [5.41, 5.74) is 4.08. The minimum atomic E-state index is -4.14. The lowest BCUT2D eigenvalue weighted by molar-refractivity contribution is -0.150. The number of urea groups is 1. The summed E-state index contributed by atoms with van der Waals surface area (Å²) >= 11 is 0. The Morgan fingerprint density at radius 2 is 1.73 bits per heavy atom. The number of hydrogen-bond donors (Lipinski definition) is 2. The number of amides is 2. The molecular weight excluding hydrogens is 525 g/mol. The smallest absolute Gasteiger partial charge is 0.389 e. The van der Waals surface area contributed by atoms with Crippen LogP contribution in [0.4, 0.5) is 23.7 Å². The van der Waals surface area contributed by atoms with Crippen molar-refractivity contribution in [1.82, 2.24) is 4.90 Å². The Morgan fingerprint density at radius 1 is 1.00 bits per heavy atom. The van der Waals surface area contributed by atoms with E-state index in [1.165, 1.54) is 11.1 Å². The third kappa shape index (κ3) is 10.7. The SMILES string of the molecule is CCOC(Cc1ccc(OCCN(CCCCCCC(F)(F)F)C(=O)Nc2ccc3c(c2)CCC3)cc1)C(=O)O. The summed E-state index contributed by atoms with van der Waals surface area (Å²) in [6.07, 6.45) is -0.719. The first-order chi connectivity index (χ1) is 19.1. The first-order valence-corrected chi connectivity index (χ1v) is 13.9. The number of carboxylic acid groups (broad SMARTS) is 1. The van der Waals surface area contributed by atoms with Crippen molar-refractivity contribution in [2.24, 2.45) is 0 Å². The second-order valence-electron chi connectivity index (χ2n) is 10.0. The quantitative estimate of drug-likeness (QED) is 0.223. The lowest BCUT2D eigenvalue weighted by atomic mass is 10.1. The number of rotatable bonds is 16. The molecule has 1 aliphatic carbocycles. The normalized spacial score (nSPS) is 13.5. The molecule has 1 aliphatic rings. The van der Waals surface area contributed by atoms with Crippen LogP contribution in [-0.2, 0) is 28.8 Å². The van der Waals surface area contributed by atoms with Crippen LogP contribution in [-0.4, -0.2) is 60.6 Å². The highest BCUT2D eigenvalue weighted by molar-refractivity contribution is 5.89. The Bertz CT molecular complexity index is 1090. The molecule has 0 bridgehead atoms. The molecule has 2 aromatic carbocycles. The van der Waals surface area contributed by atoms with Gasteiger partial charge in [-0.25, -0.2) is 9.59 Å². The Kier molecular flexibility index (Phi) is 12.1. The molecule has 1 atom stereocenters. The number of halogens is 3. The lowest BCUT2D eigenvalue weighted by Crippen LogP contribution is -2.38. The van der Waals surface area contributed by atoms with E-state index < -0.39 is 24.7 Å². The molecule has 0 heterocycles. The van der Waals surface area contributed by atoms with E-state index in [4.69, 9.17) is 9.47 Å². The molecule has 0 radical (unpaired) electrons. The van der Waals surface area contributed by atoms with E-state index in [2.05, 4.69) is 5.32 Å². The standard InChI is InChI=1S/C30H39F3N2O5/c1-2-39-27(28(36)37)20-22-10-14-26(15-11-22)40-19-18-35(17-6-4-3-5-16-30(31,32)33)29(38)34-25-13-12-23-8-7-9-24(23)21-25/h10-15,21,27H,2-9,16-20H2,1H3,(H,34,38)(H,36,37). The van der Waals surface area contributed by atoms with E-state index >= 15 is 0 Å². The summed E-state index contributed by atoms with van der Waals surface area (Å²) in [5, 5.41) is 12.2. The zero-order chi connectivity index (χ0) is 29.0. The predicted molar refractivity (Wildman–Crippen MR) is 147 cm³/mol. The third-order valence-corrected chi connectivity index (χ3v) is 6.89. The van der Waals surface area contributed by atoms with Gasteiger partial charge in [0.25, 0.3) is 0 Å². The molecule has 0 spiro atoms. The van der Waals surface area contributed by atoms with Crippen molar-refractivity contribution >= 4 is 17.7 Å². The van der Waals surface area contributed by atoms with Gasteiger partial charge in [-0.15, -0.1) is 0 Å². The number of fused-ring (bicyclic) bond motifs is 1. The molecule has 0 aromatic heterocycles. The number of aryl methyl sites for hydroxylation is 2. The topological polar surface area (TPSA) is 88.1 Å². The average Bonchev–Trinajstić information content (AvgIpc) is 3.37. The molecule has 220 valence electrons. The molecule has 2 aromatic rings. The molecule has 7 nitrogen and oxygen atoms in total. The van der Waals surface area contributed by atoms with Crippen LogP contribution in [0.25, 0.3) is 0 Å². The highest BCUT2D eigenvalue weighted by atomic mass is 19.4. The maximum Gasteiger partial charge on any atom is 0.389 e. The molecule has 1 unspecified atom stereocenters. The van der Waals surface area contributed by atoms with Crippen molar-refractivity contribution in [3.8, 4) is 5.75 Å². The highest BCUT2D eigenvalue weighted by Crippen LogP contribution is 2.25. The molecule has 0 saturated carbocycles. The fourth-order valence-electron chi connectivity index (χ4n) is 4.78. The van der Waals surface area contributed by atoms with Gasteiger partial charge in [0.05, 0.1) is 6.54 Å². The molecule has 40 heavy (non-hydrogen) atoms. The van der Waals surface area contributed by atoms with Gasteiger partial charge in [0, 0.05) is 31.7 Å². The molecule has 10 heteroatoms. The van der Waals surface area contributed by atoms with Crippen LogP contribution in [0, 0.1) is 0 Å². The van der Waals surface area contributed by atoms with Gasteiger partial charge in [-0.3, -0.25) is 0 Å². The maximum absolute atomic E-state index is 13.1. The van der Waals surface area contributed by atoms with Crippen LogP contribution < -0.4 is 10.1 Å². The molecule has 0 aliphatic heterocycles. The van der Waals surface area contributed by atoms with Gasteiger partial charge in [0.1, 0.15) is 12.4 Å². The van der Waals surface area contributed by atoms with Gasteiger partial charge in [-0.1, -0.05) is 31.0 Å². The second-order valence-corrected chi connectivity index (χ2v) is 10.0. The summed E-state index contributed by atoms with van der Waals surface area (Å²) in [6.45, 7) is 2.98. The van der Waals surface area contributed by atoms with Crippen LogP contribution >= 0.6 is 0 Å². The van der Waals surface area contributed by atoms with E-state index in [0.717, 1.165) is 30.5 Å². The van der Waals surface area contributed by atoms with Gasteiger partial charge in [0.15, 0.2) is 6.10 Å². The van der Waals surface area contributed by atoms with Crippen molar-refractivity contribution in [2.45, 2.75) is 77.0 Å². The number of benzene rings is 2. The second kappa shape index (κ2) is 15.5. The van der Waals surface area contributed by atoms with E-state index in [0.29, 0.717) is 44.7 Å². The van der Waals surface area contributed by atoms with Crippen molar-refractivity contribution < 1.29 is 37.3 Å². The Hall–Kier alpha value is -3.27. The number of alkyl halides is 3. The van der Waals surface area contributed by atoms with Crippen LogP contribution in [0.1, 0.15) is 62.1 Å². The zero-order valence-electron chi connectivity index (χ0n) is 23.0. The summed E-state index contributed by atoms with van der Waals surface area (Å²) < 4.78 is 48.3. The van der Waals surface area contributed by atoms with E-state index in [1.807, 2.05) is 18.2 Å². The number of anilines is 1. The molecule has 0 saturated heterocycles. The Labute approximate surface area is 233 Å². The number of ether oxygens (including phenoxy) is 2. The number of unbranched alkanes of at least 4 members (excludes halogenated alkanes) is 3. The minimum Gasteiger partial charge on any atom is -0.492 e. The Morgan fingerprint density at radius 3 is 2.42 bits per heavy atom. The van der Waals surface area contributed by atoms with E-state index in [1.54, 1.807) is 36.1 Å². The van der Waals surface area contributed by atoms with Crippen molar-refractivity contribution in [3.63, 3.8) is 0 Å². The summed E-state index contributed by atoms with van der Waals surface area (Å²) in [5.74, 6) is -0.432. The fourth-order valence-corrected chi connectivity index (χ4v) is 4.78. The van der Waals surface area contributed by atoms with Crippen LogP contribution in [0.2, 0.25) is 0 Å². The number of hydrogen-bond acceptors (Lipinski definition) is 4. The largest absolute Gasteiger partial charge is 0.492 e. The first kappa shape index (κ1) is 31.3. The fraction of sp³-hybridized carbons (Fsp3) is 0.533. The van der Waals surface area contributed by atoms with Gasteiger partial charge in [-0.05, 0) is 80.0 Å². The van der Waals surface area contributed by atoms with E-state index in [-0.39, 0.29) is 25.5 Å². The lowest BCUT2D eigenvalue weighted by Gasteiger charge is -2.23. The number of nitrogens with zero attached hydrogens (tertiary/aromatic N) is 1. The first-order valence-electron chi connectivity index (χ1n) is 13.9. The van der Waals surface area contributed by atoms with Gasteiger partial charge >= 0.3 is 18.2 Å². The highest BCUT2D eigenvalue weighted by Gasteiger charge is 2.26. The molecule has 3 rings (SSSR count). The number of aliphatic carboxylic acids is 1. The summed E-state index contributed by atoms with van der Waals surface area (Å²) in [7, 11) is 0. The Balaban J connectivity index is 1.52. The van der Waals surface area contributed by atoms with E-state index in [9.17, 15) is 27.9 Å². The molecule has 0 fully saturated rings. The van der Waals surface area contributed by atoms with Gasteiger partial charge in [-0.2, -0.15) is 13.2 Å². The summed E-state index contributed by atoms with van der Waals surface area (Å²) in [6, 6.07) is 12.7. The number of carbonyl (C=O) groups is 2. The third-order valence-electron chi connectivity index (χ3n) is 6.89. The van der Waals surface area contributed by atoms with Crippen molar-refractivity contribution in [1.29, 1.82) is 0 Å². The van der Waals surface area contributed by atoms with Crippen molar-refractivity contribution in [2.75, 3.05) is 31.6 Å². The van der Waals surface area contributed by atoms with Crippen LogP contribution in [0.15, 0.2) is 42.5 Å². The molecule has 2 amide bonds. The number of carboxylic acids is 1. The maximum atomic E-state index is 13.1. The van der Waals surface area contributed by atoms with Crippen LogP contribution in [0.5, 0.6) is 5.75 Å². The molecular formula is C30H39F3N2O5. The average molecular weight is 565 g/mol. The monoisotopic (exact) mass is 564 g/mol. The van der Waals surface area contributed by atoms with Gasteiger partial charge < -0.3 is 24.8 Å². The molecule has 2 N–H and O–H groups in total. The number of nitrogens with one attached hydrogen (secondary N) is 1. The number of carbonyl (C=O) groups excluding carboxylic acids is 1. The van der Waals surface area contributed by atoms with Crippen LogP contribution in [0.3, 0.4) is 0 Å². The zero-order valence-corrected chi connectivity index (χ0v) is 23.0. The van der Waals surface area contributed by atoms with Crippen molar-refractivity contribution in [3.05, 3.63) is 59.2 Å². The van der Waals surface area contributed by atoms with Gasteiger partial charge in [0.2, 0.25) is 0 Å². The minimum absolute atomic E-state index is 0.0850. The predicted octanol–water partition coefficient (Wildman–Crippen LogP) is 6.63. The summed E-state index contributed by atoms with van der Waals surface area (Å²) in [4.78, 5) is 26.1.